The Kier molecular flexibility index (Phi) is 7.36. The molecule has 0 unspecified atom stereocenters. The van der Waals surface area contributed by atoms with E-state index in [1.165, 1.54) is 7.05 Å². The zero-order valence-electron chi connectivity index (χ0n) is 9.73. The number of imide groups is 1. The van der Waals surface area contributed by atoms with E-state index in [1.54, 1.807) is 11.0 Å². The molecule has 0 aliphatic carbocycles. The van der Waals surface area contributed by atoms with Crippen molar-refractivity contribution in [1.82, 2.24) is 15.5 Å². The van der Waals surface area contributed by atoms with E-state index < -0.39 is 17.9 Å². The number of nitrogens with one attached hydrogen (secondary N) is 2. The number of aliphatic carboxylic acids is 1. The van der Waals surface area contributed by atoms with Gasteiger partial charge in [0.05, 0.1) is 6.54 Å². The summed E-state index contributed by atoms with van der Waals surface area (Å²) < 4.78 is 0. The molecule has 7 heteroatoms. The number of hydrogen-bond donors (Lipinski definition) is 3. The van der Waals surface area contributed by atoms with E-state index in [2.05, 4.69) is 17.2 Å². The number of hydrogen-bond acceptors (Lipinski definition) is 4. The largest absolute Gasteiger partial charge is 0.480 e. The van der Waals surface area contributed by atoms with Gasteiger partial charge in [0, 0.05) is 26.6 Å². The number of carbonyl (C=O) groups excluding carboxylic acids is 2. The third-order valence-corrected chi connectivity index (χ3v) is 1.88. The van der Waals surface area contributed by atoms with Gasteiger partial charge in [-0.3, -0.25) is 19.8 Å². The van der Waals surface area contributed by atoms with Gasteiger partial charge in [0.2, 0.25) is 5.91 Å². The monoisotopic (exact) mass is 243 g/mol. The average molecular weight is 243 g/mol. The molecule has 3 N–H and O–H groups in total. The molecule has 0 aromatic carbocycles. The maximum absolute atomic E-state index is 11.2. The molecule has 0 aliphatic rings. The van der Waals surface area contributed by atoms with Crippen molar-refractivity contribution in [3.63, 3.8) is 0 Å². The highest BCUT2D eigenvalue weighted by molar-refractivity contribution is 5.94. The van der Waals surface area contributed by atoms with E-state index in [4.69, 9.17) is 5.11 Å². The van der Waals surface area contributed by atoms with Crippen molar-refractivity contribution in [3.05, 3.63) is 12.7 Å². The molecule has 0 spiro atoms. The Morgan fingerprint density at radius 1 is 1.41 bits per heavy atom. The Labute approximate surface area is 99.5 Å². The summed E-state index contributed by atoms with van der Waals surface area (Å²) in [4.78, 5) is 34.1. The van der Waals surface area contributed by atoms with Crippen LogP contribution in [0.4, 0.5) is 4.79 Å². The smallest absolute Gasteiger partial charge is 0.321 e. The fourth-order valence-electron chi connectivity index (χ4n) is 1.12. The summed E-state index contributed by atoms with van der Waals surface area (Å²) in [5.74, 6) is -1.43. The number of nitrogens with zero attached hydrogens (tertiary/aromatic N) is 1. The lowest BCUT2D eigenvalue weighted by Crippen LogP contribution is -2.39. The van der Waals surface area contributed by atoms with Crippen molar-refractivity contribution in [2.24, 2.45) is 0 Å². The third kappa shape index (κ3) is 7.97. The zero-order chi connectivity index (χ0) is 13.3. The summed E-state index contributed by atoms with van der Waals surface area (Å²) in [7, 11) is 1.40. The lowest BCUT2D eigenvalue weighted by Gasteiger charge is -2.17. The highest BCUT2D eigenvalue weighted by atomic mass is 16.4. The van der Waals surface area contributed by atoms with Gasteiger partial charge in [-0.15, -0.1) is 6.58 Å². The second-order valence-corrected chi connectivity index (χ2v) is 3.29. The van der Waals surface area contributed by atoms with Crippen molar-refractivity contribution in [1.29, 1.82) is 0 Å². The van der Waals surface area contributed by atoms with Gasteiger partial charge in [0.15, 0.2) is 0 Å². The standard InChI is InChI=1S/C10H17N3O4/c1-3-5-13(7-9(15)16)6-4-8(14)12-10(17)11-2/h3H,1,4-7H2,2H3,(H,15,16)(H2,11,12,14,17). The summed E-state index contributed by atoms with van der Waals surface area (Å²) in [6.45, 7) is 3.96. The molecule has 0 fully saturated rings. The molecule has 0 saturated heterocycles. The van der Waals surface area contributed by atoms with Crippen LogP contribution in [0, 0.1) is 0 Å². The minimum atomic E-state index is -0.974. The number of carboxylic acid groups (broad SMARTS) is 1. The van der Waals surface area contributed by atoms with Gasteiger partial charge >= 0.3 is 12.0 Å². The van der Waals surface area contributed by atoms with Gasteiger partial charge < -0.3 is 10.4 Å². The van der Waals surface area contributed by atoms with Crippen LogP contribution < -0.4 is 10.6 Å². The molecule has 17 heavy (non-hydrogen) atoms. The third-order valence-electron chi connectivity index (χ3n) is 1.88. The van der Waals surface area contributed by atoms with Crippen LogP contribution >= 0.6 is 0 Å². The van der Waals surface area contributed by atoms with Gasteiger partial charge in [0.1, 0.15) is 0 Å². The van der Waals surface area contributed by atoms with Crippen LogP contribution in [-0.2, 0) is 9.59 Å². The molecule has 96 valence electrons. The molecule has 0 rings (SSSR count). The van der Waals surface area contributed by atoms with Crippen LogP contribution in [0.5, 0.6) is 0 Å². The van der Waals surface area contributed by atoms with E-state index in [9.17, 15) is 14.4 Å². The fraction of sp³-hybridized carbons (Fsp3) is 0.500. The number of urea groups is 1. The quantitative estimate of drug-likeness (QED) is 0.519. The predicted octanol–water partition coefficient (Wildman–Crippen LogP) is -0.595. The Balaban J connectivity index is 4.02. The SMILES string of the molecule is C=CCN(CCC(=O)NC(=O)NC)CC(=O)O. The molecule has 0 saturated carbocycles. The van der Waals surface area contributed by atoms with Gasteiger partial charge in [-0.25, -0.2) is 4.79 Å². The zero-order valence-corrected chi connectivity index (χ0v) is 9.73. The molecule has 3 amide bonds. The van der Waals surface area contributed by atoms with Gasteiger partial charge in [0.25, 0.3) is 0 Å². The van der Waals surface area contributed by atoms with Crippen LogP contribution in [0.25, 0.3) is 0 Å². The van der Waals surface area contributed by atoms with Crippen molar-refractivity contribution in [3.8, 4) is 0 Å². The van der Waals surface area contributed by atoms with E-state index in [0.717, 1.165) is 0 Å². The Morgan fingerprint density at radius 2 is 2.06 bits per heavy atom. The molecule has 0 aromatic heterocycles. The molecule has 0 aliphatic heterocycles. The van der Waals surface area contributed by atoms with Crippen LogP contribution in [0.15, 0.2) is 12.7 Å². The highest BCUT2D eigenvalue weighted by Crippen LogP contribution is 1.92. The molecule has 0 atom stereocenters. The maximum Gasteiger partial charge on any atom is 0.321 e. The highest BCUT2D eigenvalue weighted by Gasteiger charge is 2.11. The Bertz CT molecular complexity index is 304. The van der Waals surface area contributed by atoms with Crippen LogP contribution in [-0.4, -0.2) is 54.6 Å². The van der Waals surface area contributed by atoms with Crippen LogP contribution in [0.2, 0.25) is 0 Å². The summed E-state index contributed by atoms with van der Waals surface area (Å²) >= 11 is 0. The molecular weight excluding hydrogens is 226 g/mol. The summed E-state index contributed by atoms with van der Waals surface area (Å²) in [6, 6.07) is -0.580. The first-order valence-electron chi connectivity index (χ1n) is 5.06. The van der Waals surface area contributed by atoms with Crippen molar-refractivity contribution < 1.29 is 19.5 Å². The molecule has 7 nitrogen and oxygen atoms in total. The fourth-order valence-corrected chi connectivity index (χ4v) is 1.12. The van der Waals surface area contributed by atoms with Gasteiger partial charge in [-0.05, 0) is 0 Å². The normalized spacial score (nSPS) is 9.76. The second kappa shape index (κ2) is 8.28. The van der Waals surface area contributed by atoms with E-state index in [1.807, 2.05) is 0 Å². The predicted molar refractivity (Wildman–Crippen MR) is 61.5 cm³/mol. The topological polar surface area (TPSA) is 98.7 Å². The number of amides is 3. The van der Waals surface area contributed by atoms with E-state index >= 15 is 0 Å². The molecule has 0 radical (unpaired) electrons. The molecule has 0 aromatic rings. The molecule has 0 bridgehead atoms. The van der Waals surface area contributed by atoms with Gasteiger partial charge in [-0.1, -0.05) is 6.08 Å². The minimum absolute atomic E-state index is 0.0501. The van der Waals surface area contributed by atoms with Crippen molar-refractivity contribution in [2.75, 3.05) is 26.7 Å². The first-order valence-corrected chi connectivity index (χ1v) is 5.06. The van der Waals surface area contributed by atoms with E-state index in [-0.39, 0.29) is 19.5 Å². The molecular formula is C10H17N3O4. The summed E-state index contributed by atoms with van der Waals surface area (Å²) in [5, 5.41) is 13.0. The second-order valence-electron chi connectivity index (χ2n) is 3.29. The maximum atomic E-state index is 11.2. The van der Waals surface area contributed by atoms with Crippen LogP contribution in [0.1, 0.15) is 6.42 Å². The first-order chi connectivity index (χ1) is 7.99. The first kappa shape index (κ1) is 15.1. The Hall–Kier alpha value is -1.89. The van der Waals surface area contributed by atoms with E-state index in [0.29, 0.717) is 6.54 Å². The van der Waals surface area contributed by atoms with Crippen molar-refractivity contribution in [2.45, 2.75) is 6.42 Å². The number of carboxylic acids is 1. The van der Waals surface area contributed by atoms with Gasteiger partial charge in [-0.2, -0.15) is 0 Å². The number of rotatable bonds is 7. The lowest BCUT2D eigenvalue weighted by molar-refractivity contribution is -0.138. The minimum Gasteiger partial charge on any atom is -0.480 e. The van der Waals surface area contributed by atoms with Crippen molar-refractivity contribution >= 4 is 17.9 Å². The summed E-state index contributed by atoms with van der Waals surface area (Å²) in [5.41, 5.74) is 0. The number of carbonyl (C=O) groups is 3. The lowest BCUT2D eigenvalue weighted by atomic mass is 10.3. The Morgan fingerprint density at radius 3 is 2.53 bits per heavy atom. The molecule has 0 heterocycles. The summed E-state index contributed by atoms with van der Waals surface area (Å²) in [6.07, 6.45) is 1.61. The average Bonchev–Trinajstić information content (AvgIpc) is 2.25. The van der Waals surface area contributed by atoms with Crippen LogP contribution in [0.3, 0.4) is 0 Å².